The number of primary amides is 1. The average Bonchev–Trinajstić information content (AvgIpc) is 3.02. The third-order valence-corrected chi connectivity index (χ3v) is 6.89. The number of para-hydroxylation sites is 1. The zero-order valence-corrected chi connectivity index (χ0v) is 23.1. The molecule has 8 N–H and O–H groups in total. The molecule has 0 aliphatic carbocycles. The van der Waals surface area contributed by atoms with Gasteiger partial charge >= 0.3 is 0 Å². The van der Waals surface area contributed by atoms with E-state index in [1.54, 1.807) is 47.9 Å². The second-order valence-electron chi connectivity index (χ2n) is 9.59. The highest BCUT2D eigenvalue weighted by Gasteiger charge is 2.24. The molecule has 0 saturated heterocycles. The van der Waals surface area contributed by atoms with Gasteiger partial charge in [0, 0.05) is 17.8 Å². The Balaban J connectivity index is 1.59. The Morgan fingerprint density at radius 2 is 1.74 bits per heavy atom. The Morgan fingerprint density at radius 1 is 1.00 bits per heavy atom. The van der Waals surface area contributed by atoms with Crippen molar-refractivity contribution in [3.05, 3.63) is 112 Å². The van der Waals surface area contributed by atoms with E-state index in [2.05, 4.69) is 20.6 Å². The van der Waals surface area contributed by atoms with Crippen molar-refractivity contribution < 1.29 is 14.8 Å². The van der Waals surface area contributed by atoms with E-state index >= 15 is 0 Å². The van der Waals surface area contributed by atoms with Crippen LogP contribution in [0.3, 0.4) is 0 Å². The minimum atomic E-state index is -0.788. The first-order chi connectivity index (χ1) is 20.8. The number of hydrogen-bond donors (Lipinski definition) is 6. The van der Waals surface area contributed by atoms with Crippen LogP contribution in [0.4, 0.5) is 17.3 Å². The number of nitrogen functional groups attached to an aromatic ring is 1. The molecule has 13 nitrogen and oxygen atoms in total. The van der Waals surface area contributed by atoms with E-state index in [0.29, 0.717) is 46.6 Å². The molecule has 2 heterocycles. The van der Waals surface area contributed by atoms with Crippen LogP contribution in [-0.4, -0.2) is 36.5 Å². The normalized spacial score (nSPS) is 11.6. The van der Waals surface area contributed by atoms with Crippen molar-refractivity contribution in [2.75, 3.05) is 16.4 Å². The molecule has 1 atom stereocenters. The molecule has 0 spiro atoms. The summed E-state index contributed by atoms with van der Waals surface area (Å²) in [5.74, 6) is -0.920. The molecule has 43 heavy (non-hydrogen) atoms. The molecule has 5 rings (SSSR count). The first kappa shape index (κ1) is 28.7. The molecule has 2 aromatic heterocycles. The zero-order valence-electron chi connectivity index (χ0n) is 23.1. The van der Waals surface area contributed by atoms with Crippen molar-refractivity contribution in [3.8, 4) is 5.69 Å². The minimum absolute atomic E-state index is 0.0492. The topological polar surface area (TPSA) is 203 Å². The molecule has 5 aromatic rings. The van der Waals surface area contributed by atoms with Crippen molar-refractivity contribution >= 4 is 40.0 Å². The van der Waals surface area contributed by atoms with Gasteiger partial charge in [0.25, 0.3) is 17.4 Å². The van der Waals surface area contributed by atoms with E-state index < -0.39 is 17.9 Å². The average molecular weight is 580 g/mol. The van der Waals surface area contributed by atoms with Crippen molar-refractivity contribution in [1.82, 2.24) is 25.0 Å². The lowest BCUT2D eigenvalue weighted by atomic mass is 10.1. The Bertz CT molecular complexity index is 1860. The summed E-state index contributed by atoms with van der Waals surface area (Å²) in [6, 6.07) is 20.6. The summed E-state index contributed by atoms with van der Waals surface area (Å²) in [7, 11) is 0. The number of anilines is 3. The smallest absolute Gasteiger partial charge is 0.274 e. The number of carbonyl (C=O) groups excluding carboxylic acids is 2. The van der Waals surface area contributed by atoms with Crippen LogP contribution >= 0.6 is 0 Å². The maximum atomic E-state index is 14.3. The molecule has 0 aliphatic rings. The van der Waals surface area contributed by atoms with Gasteiger partial charge in [0.15, 0.2) is 0 Å². The third kappa shape index (κ3) is 5.83. The summed E-state index contributed by atoms with van der Waals surface area (Å²) in [4.78, 5) is 51.1. The minimum Gasteiger partial charge on any atom is -0.383 e. The van der Waals surface area contributed by atoms with Crippen LogP contribution in [0.1, 0.15) is 51.5 Å². The highest BCUT2D eigenvalue weighted by atomic mass is 16.5. The molecule has 0 fully saturated rings. The zero-order chi connectivity index (χ0) is 30.5. The van der Waals surface area contributed by atoms with Crippen molar-refractivity contribution in [2.45, 2.75) is 25.9 Å². The molecule has 0 saturated carbocycles. The number of fused-ring (bicyclic) bond motifs is 1. The molecule has 3 aromatic carbocycles. The van der Waals surface area contributed by atoms with Crippen LogP contribution in [0.15, 0.2) is 83.9 Å². The Hall–Kier alpha value is -5.82. The van der Waals surface area contributed by atoms with E-state index in [-0.39, 0.29) is 22.8 Å². The molecule has 0 radical (unpaired) electrons. The molecule has 218 valence electrons. The number of hydrogen-bond acceptors (Lipinski definition) is 10. The molecule has 13 heteroatoms. The van der Waals surface area contributed by atoms with E-state index in [1.165, 1.54) is 10.9 Å². The van der Waals surface area contributed by atoms with Crippen molar-refractivity contribution in [2.24, 2.45) is 5.73 Å². The first-order valence-electron chi connectivity index (χ1n) is 13.4. The number of amides is 2. The largest absolute Gasteiger partial charge is 0.383 e. The maximum Gasteiger partial charge on any atom is 0.274 e. The first-order valence-corrected chi connectivity index (χ1v) is 13.4. The lowest BCUT2D eigenvalue weighted by Crippen LogP contribution is -2.29. The summed E-state index contributed by atoms with van der Waals surface area (Å²) in [5, 5.41) is 15.7. The Kier molecular flexibility index (Phi) is 8.25. The quantitative estimate of drug-likeness (QED) is 0.105. The van der Waals surface area contributed by atoms with Crippen LogP contribution in [0.5, 0.6) is 0 Å². The molecular formula is C30H29N9O4. The predicted octanol–water partition coefficient (Wildman–Crippen LogP) is 3.15. The highest BCUT2D eigenvalue weighted by Crippen LogP contribution is 2.28. The van der Waals surface area contributed by atoms with Crippen LogP contribution < -0.4 is 33.1 Å². The van der Waals surface area contributed by atoms with E-state index in [4.69, 9.17) is 21.7 Å². The van der Waals surface area contributed by atoms with E-state index in [0.717, 1.165) is 5.56 Å². The van der Waals surface area contributed by atoms with Gasteiger partial charge in [0.05, 0.1) is 22.6 Å². The van der Waals surface area contributed by atoms with Crippen LogP contribution in [0, 0.1) is 0 Å². The molecule has 2 amide bonds. The SMILES string of the molecule is CC[C@H](Nc1ncnc(N)c1C(N)=O)c1nc2cccc(NCc3ccc(C(=O)NO)cc3)c2c(=O)n1-c1ccccc1. The fourth-order valence-electron chi connectivity index (χ4n) is 4.76. The Labute approximate surface area is 245 Å². The second-order valence-corrected chi connectivity index (χ2v) is 9.59. The number of hydroxylamine groups is 1. The molecular weight excluding hydrogens is 550 g/mol. The van der Waals surface area contributed by atoms with Crippen LogP contribution in [-0.2, 0) is 6.54 Å². The van der Waals surface area contributed by atoms with E-state index in [9.17, 15) is 14.4 Å². The number of nitrogens with one attached hydrogen (secondary N) is 3. The van der Waals surface area contributed by atoms with Crippen LogP contribution in [0.2, 0.25) is 0 Å². The molecule has 0 aliphatic heterocycles. The Morgan fingerprint density at radius 3 is 2.42 bits per heavy atom. The number of rotatable bonds is 10. The maximum absolute atomic E-state index is 14.3. The van der Waals surface area contributed by atoms with Gasteiger partial charge in [-0.15, -0.1) is 0 Å². The van der Waals surface area contributed by atoms with Crippen molar-refractivity contribution in [3.63, 3.8) is 0 Å². The number of nitrogens with two attached hydrogens (primary N) is 2. The standard InChI is InChI=1S/C30H29N9O4/c1-2-20(36-27-24(26(32)40)25(31)34-16-35-27)28-37-22-10-6-9-21(23(22)30(42)39(28)19-7-4-3-5-8-19)33-15-17-11-13-18(14-12-17)29(41)38-43/h3-14,16,20,33,43H,2,15H2,1H3,(H2,32,40)(H,38,41)(H3,31,34,35,36)/t20-/m0/s1. The van der Waals surface area contributed by atoms with Gasteiger partial charge < -0.3 is 22.1 Å². The summed E-state index contributed by atoms with van der Waals surface area (Å²) in [6.45, 7) is 2.27. The van der Waals surface area contributed by atoms with Crippen molar-refractivity contribution in [1.29, 1.82) is 0 Å². The number of carbonyl (C=O) groups is 2. The van der Waals surface area contributed by atoms with Gasteiger partial charge in [-0.1, -0.05) is 43.3 Å². The highest BCUT2D eigenvalue weighted by molar-refractivity contribution is 6.01. The van der Waals surface area contributed by atoms with Gasteiger partial charge in [-0.05, 0) is 48.4 Å². The van der Waals surface area contributed by atoms with E-state index in [1.807, 2.05) is 37.3 Å². The monoisotopic (exact) mass is 579 g/mol. The second kappa shape index (κ2) is 12.4. The van der Waals surface area contributed by atoms with Gasteiger partial charge in [0.1, 0.15) is 29.4 Å². The third-order valence-electron chi connectivity index (χ3n) is 6.89. The fraction of sp³-hybridized carbons (Fsp3) is 0.133. The number of aromatic nitrogens is 4. The number of nitrogens with zero attached hydrogens (tertiary/aromatic N) is 4. The summed E-state index contributed by atoms with van der Waals surface area (Å²) in [6.07, 6.45) is 1.69. The predicted molar refractivity (Wildman–Crippen MR) is 162 cm³/mol. The van der Waals surface area contributed by atoms with Crippen LogP contribution in [0.25, 0.3) is 16.6 Å². The fourth-order valence-corrected chi connectivity index (χ4v) is 4.76. The summed E-state index contributed by atoms with van der Waals surface area (Å²) < 4.78 is 1.53. The van der Waals surface area contributed by atoms with Gasteiger partial charge in [-0.3, -0.25) is 24.2 Å². The molecule has 0 unspecified atom stereocenters. The van der Waals surface area contributed by atoms with Gasteiger partial charge in [-0.2, -0.15) is 0 Å². The lowest BCUT2D eigenvalue weighted by Gasteiger charge is -2.23. The summed E-state index contributed by atoms with van der Waals surface area (Å²) in [5.41, 5.74) is 15.5. The lowest BCUT2D eigenvalue weighted by molar-refractivity contribution is 0.0706. The summed E-state index contributed by atoms with van der Waals surface area (Å²) >= 11 is 0. The van der Waals surface area contributed by atoms with Gasteiger partial charge in [0.2, 0.25) is 0 Å². The number of benzene rings is 3. The van der Waals surface area contributed by atoms with Gasteiger partial charge in [-0.25, -0.2) is 20.4 Å². The molecule has 0 bridgehead atoms.